The van der Waals surface area contributed by atoms with Crippen LogP contribution in [0.1, 0.15) is 15.9 Å². The number of carbonyl (C=O) groups excluding carboxylic acids is 1. The van der Waals surface area contributed by atoms with E-state index in [1.165, 1.54) is 0 Å². The first-order valence-corrected chi connectivity index (χ1v) is 7.88. The van der Waals surface area contributed by atoms with Crippen LogP contribution >= 0.6 is 47.8 Å². The molecular formula is C14H10Br3NO. The van der Waals surface area contributed by atoms with Crippen LogP contribution < -0.4 is 5.32 Å². The highest BCUT2D eigenvalue weighted by atomic mass is 79.9. The fourth-order valence-electron chi connectivity index (χ4n) is 1.61. The summed E-state index contributed by atoms with van der Waals surface area (Å²) in [7, 11) is 0. The van der Waals surface area contributed by atoms with E-state index in [0.29, 0.717) is 5.56 Å². The Labute approximate surface area is 137 Å². The molecule has 5 heteroatoms. The molecule has 0 unspecified atom stereocenters. The second kappa shape index (κ2) is 6.20. The Kier molecular flexibility index (Phi) is 4.81. The van der Waals surface area contributed by atoms with Crippen molar-refractivity contribution < 1.29 is 4.79 Å². The van der Waals surface area contributed by atoms with Gasteiger partial charge in [-0.05, 0) is 58.7 Å². The van der Waals surface area contributed by atoms with E-state index in [1.807, 2.05) is 37.3 Å². The van der Waals surface area contributed by atoms with Gasteiger partial charge in [0.2, 0.25) is 0 Å². The lowest BCUT2D eigenvalue weighted by Crippen LogP contribution is -2.13. The van der Waals surface area contributed by atoms with Gasteiger partial charge in [0.1, 0.15) is 0 Å². The summed E-state index contributed by atoms with van der Waals surface area (Å²) in [6, 6.07) is 11.2. The Morgan fingerprint density at radius 2 is 1.79 bits per heavy atom. The van der Waals surface area contributed by atoms with Crippen LogP contribution in [0.3, 0.4) is 0 Å². The lowest BCUT2D eigenvalue weighted by Gasteiger charge is -2.10. The zero-order valence-corrected chi connectivity index (χ0v) is 14.8. The molecule has 0 bridgehead atoms. The first-order chi connectivity index (χ1) is 8.99. The van der Waals surface area contributed by atoms with E-state index >= 15 is 0 Å². The topological polar surface area (TPSA) is 29.1 Å². The normalized spacial score (nSPS) is 10.3. The molecule has 2 aromatic rings. The van der Waals surface area contributed by atoms with Crippen molar-refractivity contribution in [3.05, 3.63) is 60.9 Å². The minimum Gasteiger partial charge on any atom is -0.322 e. The summed E-state index contributed by atoms with van der Waals surface area (Å²) in [5.74, 6) is -0.138. The minimum absolute atomic E-state index is 0.138. The molecule has 2 aromatic carbocycles. The predicted molar refractivity (Wildman–Crippen MR) is 88.7 cm³/mol. The number of hydrogen-bond donors (Lipinski definition) is 1. The second-order valence-corrected chi connectivity index (χ2v) is 6.62. The van der Waals surface area contributed by atoms with Gasteiger partial charge in [0, 0.05) is 19.1 Å². The highest BCUT2D eigenvalue weighted by Crippen LogP contribution is 2.26. The van der Waals surface area contributed by atoms with Crippen molar-refractivity contribution >= 4 is 59.4 Å². The van der Waals surface area contributed by atoms with Crippen LogP contribution in [0.5, 0.6) is 0 Å². The van der Waals surface area contributed by atoms with Crippen molar-refractivity contribution in [1.29, 1.82) is 0 Å². The zero-order chi connectivity index (χ0) is 14.0. The smallest absolute Gasteiger partial charge is 0.256 e. The molecule has 0 saturated carbocycles. The fraction of sp³-hybridized carbons (Fsp3) is 0.0714. The molecule has 2 nitrogen and oxygen atoms in total. The summed E-state index contributed by atoms with van der Waals surface area (Å²) in [6.45, 7) is 1.95. The first-order valence-electron chi connectivity index (χ1n) is 5.50. The average Bonchev–Trinajstić information content (AvgIpc) is 2.34. The molecule has 0 aliphatic heterocycles. The standard InChI is InChI=1S/C14H10Br3NO/c1-8-11(16)3-2-4-13(8)18-14(19)10-6-5-9(15)7-12(10)17/h2-7H,1H3,(H,18,19). The second-order valence-electron chi connectivity index (χ2n) is 3.99. The van der Waals surface area contributed by atoms with E-state index in [2.05, 4.69) is 53.1 Å². The predicted octanol–water partition coefficient (Wildman–Crippen LogP) is 5.53. The van der Waals surface area contributed by atoms with Gasteiger partial charge < -0.3 is 5.32 Å². The van der Waals surface area contributed by atoms with Crippen molar-refractivity contribution in [2.45, 2.75) is 6.92 Å². The van der Waals surface area contributed by atoms with E-state index in [0.717, 1.165) is 24.7 Å². The molecule has 0 atom stereocenters. The van der Waals surface area contributed by atoms with Crippen LogP contribution in [-0.4, -0.2) is 5.91 Å². The number of nitrogens with one attached hydrogen (secondary N) is 1. The Balaban J connectivity index is 2.28. The van der Waals surface area contributed by atoms with E-state index < -0.39 is 0 Å². The molecule has 0 aliphatic carbocycles. The van der Waals surface area contributed by atoms with Gasteiger partial charge in [-0.25, -0.2) is 0 Å². The number of carbonyl (C=O) groups is 1. The number of hydrogen-bond acceptors (Lipinski definition) is 1. The minimum atomic E-state index is -0.138. The molecule has 98 valence electrons. The molecule has 1 N–H and O–H groups in total. The monoisotopic (exact) mass is 445 g/mol. The summed E-state index contributed by atoms with van der Waals surface area (Å²) in [5, 5.41) is 2.91. The maximum atomic E-state index is 12.2. The first kappa shape index (κ1) is 14.8. The van der Waals surface area contributed by atoms with Crippen LogP contribution in [0, 0.1) is 6.92 Å². The van der Waals surface area contributed by atoms with E-state index in [-0.39, 0.29) is 5.91 Å². The Morgan fingerprint density at radius 1 is 1.05 bits per heavy atom. The highest BCUT2D eigenvalue weighted by Gasteiger charge is 2.12. The summed E-state index contributed by atoms with van der Waals surface area (Å²) in [5.41, 5.74) is 2.40. The van der Waals surface area contributed by atoms with Crippen LogP contribution in [-0.2, 0) is 0 Å². The van der Waals surface area contributed by atoms with Crippen molar-refractivity contribution in [2.24, 2.45) is 0 Å². The van der Waals surface area contributed by atoms with E-state index in [4.69, 9.17) is 0 Å². The zero-order valence-electron chi connectivity index (χ0n) is 10.0. The Bertz CT molecular complexity index is 641. The molecule has 2 rings (SSSR count). The summed E-state index contributed by atoms with van der Waals surface area (Å²) in [6.07, 6.45) is 0. The molecule has 0 saturated heterocycles. The molecule has 19 heavy (non-hydrogen) atoms. The van der Waals surface area contributed by atoms with Gasteiger partial charge in [-0.15, -0.1) is 0 Å². The third-order valence-electron chi connectivity index (χ3n) is 2.69. The Hall–Kier alpha value is -0.650. The molecule has 0 aromatic heterocycles. The highest BCUT2D eigenvalue weighted by molar-refractivity contribution is 9.11. The molecule has 0 spiro atoms. The maximum Gasteiger partial charge on any atom is 0.256 e. The SMILES string of the molecule is Cc1c(Br)cccc1NC(=O)c1ccc(Br)cc1Br. The van der Waals surface area contributed by atoms with Gasteiger partial charge in [0.25, 0.3) is 5.91 Å². The number of amides is 1. The van der Waals surface area contributed by atoms with E-state index in [1.54, 1.807) is 6.07 Å². The van der Waals surface area contributed by atoms with Gasteiger partial charge in [-0.2, -0.15) is 0 Å². The van der Waals surface area contributed by atoms with Gasteiger partial charge >= 0.3 is 0 Å². The van der Waals surface area contributed by atoms with E-state index in [9.17, 15) is 4.79 Å². The van der Waals surface area contributed by atoms with Crippen LogP contribution in [0.15, 0.2) is 49.8 Å². The quantitative estimate of drug-likeness (QED) is 0.643. The Morgan fingerprint density at radius 3 is 2.47 bits per heavy atom. The summed E-state index contributed by atoms with van der Waals surface area (Å²) < 4.78 is 2.65. The molecule has 0 radical (unpaired) electrons. The number of anilines is 1. The average molecular weight is 448 g/mol. The number of rotatable bonds is 2. The molecule has 1 amide bonds. The van der Waals surface area contributed by atoms with Crippen LogP contribution in [0.2, 0.25) is 0 Å². The van der Waals surface area contributed by atoms with Crippen LogP contribution in [0.25, 0.3) is 0 Å². The van der Waals surface area contributed by atoms with Gasteiger partial charge in [-0.1, -0.05) is 37.9 Å². The van der Waals surface area contributed by atoms with Gasteiger partial charge in [0.15, 0.2) is 0 Å². The summed E-state index contributed by atoms with van der Waals surface area (Å²) in [4.78, 5) is 12.2. The molecular weight excluding hydrogens is 438 g/mol. The van der Waals surface area contributed by atoms with Crippen molar-refractivity contribution in [2.75, 3.05) is 5.32 Å². The third kappa shape index (κ3) is 3.46. The van der Waals surface area contributed by atoms with Gasteiger partial charge in [0.05, 0.1) is 5.56 Å². The lowest BCUT2D eigenvalue weighted by atomic mass is 10.1. The molecule has 0 aliphatic rings. The number of halogens is 3. The van der Waals surface area contributed by atoms with Crippen molar-refractivity contribution in [3.63, 3.8) is 0 Å². The van der Waals surface area contributed by atoms with Gasteiger partial charge in [-0.3, -0.25) is 4.79 Å². The number of benzene rings is 2. The maximum absolute atomic E-state index is 12.2. The largest absolute Gasteiger partial charge is 0.322 e. The molecule has 0 fully saturated rings. The lowest BCUT2D eigenvalue weighted by molar-refractivity contribution is 0.102. The van der Waals surface area contributed by atoms with Crippen LogP contribution in [0.4, 0.5) is 5.69 Å². The van der Waals surface area contributed by atoms with Crippen molar-refractivity contribution in [1.82, 2.24) is 0 Å². The van der Waals surface area contributed by atoms with Crippen molar-refractivity contribution in [3.8, 4) is 0 Å². The summed E-state index contributed by atoms with van der Waals surface area (Å²) >= 11 is 10.2. The fourth-order valence-corrected chi connectivity index (χ4v) is 3.20. The third-order valence-corrected chi connectivity index (χ3v) is 4.70. The molecule has 0 heterocycles.